The molecule has 0 aliphatic heterocycles. The number of rotatable bonds is 6. The van der Waals surface area contributed by atoms with Gasteiger partial charge < -0.3 is 4.74 Å². The number of carbonyl (C=O) groups is 2. The van der Waals surface area contributed by atoms with Crippen molar-refractivity contribution in [1.82, 2.24) is 14.8 Å². The van der Waals surface area contributed by atoms with Crippen LogP contribution >= 0.6 is 23.2 Å². The highest BCUT2D eigenvalue weighted by Gasteiger charge is 2.14. The lowest BCUT2D eigenvalue weighted by atomic mass is 10.1. The van der Waals surface area contributed by atoms with Crippen LogP contribution in [-0.4, -0.2) is 33.1 Å². The highest BCUT2D eigenvalue weighted by atomic mass is 35.5. The molecule has 2 aromatic carbocycles. The van der Waals surface area contributed by atoms with Crippen molar-refractivity contribution < 1.29 is 14.3 Å². The first-order valence-electron chi connectivity index (χ1n) is 7.59. The van der Waals surface area contributed by atoms with Gasteiger partial charge in [-0.1, -0.05) is 35.3 Å². The first-order chi connectivity index (χ1) is 12.5. The Kier molecular flexibility index (Phi) is 5.65. The zero-order valence-electron chi connectivity index (χ0n) is 13.4. The van der Waals surface area contributed by atoms with E-state index in [2.05, 4.69) is 10.1 Å². The van der Waals surface area contributed by atoms with Crippen LogP contribution in [0.15, 0.2) is 55.1 Å². The van der Waals surface area contributed by atoms with E-state index in [9.17, 15) is 9.59 Å². The number of ketones is 1. The van der Waals surface area contributed by atoms with Crippen LogP contribution in [0.2, 0.25) is 10.0 Å². The normalized spacial score (nSPS) is 10.5. The van der Waals surface area contributed by atoms with Crippen molar-refractivity contribution in [3.63, 3.8) is 0 Å². The van der Waals surface area contributed by atoms with Crippen molar-refractivity contribution in [2.24, 2.45) is 0 Å². The molecule has 3 rings (SSSR count). The first kappa shape index (κ1) is 18.1. The predicted octanol–water partition coefficient (Wildman–Crippen LogP) is 3.67. The molecule has 0 amide bonds. The van der Waals surface area contributed by atoms with Crippen LogP contribution in [0.25, 0.3) is 0 Å². The lowest BCUT2D eigenvalue weighted by Crippen LogP contribution is -2.14. The lowest BCUT2D eigenvalue weighted by Gasteiger charge is -2.07. The Labute approximate surface area is 159 Å². The number of hydrogen-bond acceptors (Lipinski definition) is 5. The molecule has 0 radical (unpaired) electrons. The van der Waals surface area contributed by atoms with Crippen molar-refractivity contribution in [2.75, 3.05) is 6.61 Å². The number of nitrogens with zero attached hydrogens (tertiary/aromatic N) is 3. The number of carbonyl (C=O) groups excluding carboxylic acids is 2. The van der Waals surface area contributed by atoms with Gasteiger partial charge in [-0.25, -0.2) is 14.5 Å². The topological polar surface area (TPSA) is 74.1 Å². The van der Waals surface area contributed by atoms with Gasteiger partial charge in [0.15, 0.2) is 6.61 Å². The quantitative estimate of drug-likeness (QED) is 0.474. The van der Waals surface area contributed by atoms with Gasteiger partial charge in [0.2, 0.25) is 5.78 Å². The Hall–Kier alpha value is -2.70. The molecule has 3 aromatic rings. The fourth-order valence-corrected chi connectivity index (χ4v) is 2.77. The molecular formula is C18H13Cl2N3O3. The molecule has 0 saturated carbocycles. The van der Waals surface area contributed by atoms with E-state index in [-0.39, 0.29) is 10.6 Å². The fourth-order valence-electron chi connectivity index (χ4n) is 2.26. The van der Waals surface area contributed by atoms with Crippen molar-refractivity contribution in [1.29, 1.82) is 0 Å². The molecule has 132 valence electrons. The zero-order chi connectivity index (χ0) is 18.5. The van der Waals surface area contributed by atoms with E-state index in [1.165, 1.54) is 18.5 Å². The van der Waals surface area contributed by atoms with E-state index in [1.54, 1.807) is 41.3 Å². The lowest BCUT2D eigenvalue weighted by molar-refractivity contribution is 0.0475. The number of benzene rings is 2. The van der Waals surface area contributed by atoms with Crippen molar-refractivity contribution in [2.45, 2.75) is 6.54 Å². The standard InChI is InChI=1S/C18H13Cl2N3O3/c19-14-5-6-15(16(20)7-14)17(24)9-26-18(25)13-3-1-12(2-4-13)8-23-11-21-10-22-23/h1-7,10-11H,8-9H2. The third kappa shape index (κ3) is 4.47. The third-order valence-electron chi connectivity index (χ3n) is 3.57. The van der Waals surface area contributed by atoms with Gasteiger partial charge in [0.25, 0.3) is 0 Å². The van der Waals surface area contributed by atoms with Crippen LogP contribution in [0.3, 0.4) is 0 Å². The van der Waals surface area contributed by atoms with Crippen LogP contribution in [0, 0.1) is 0 Å². The summed E-state index contributed by atoms with van der Waals surface area (Å²) in [6, 6.07) is 11.4. The van der Waals surface area contributed by atoms with Gasteiger partial charge in [-0.15, -0.1) is 0 Å². The van der Waals surface area contributed by atoms with Gasteiger partial charge in [-0.2, -0.15) is 5.10 Å². The summed E-state index contributed by atoms with van der Waals surface area (Å²) in [7, 11) is 0. The molecule has 1 heterocycles. The van der Waals surface area contributed by atoms with Gasteiger partial charge in [0.05, 0.1) is 17.1 Å². The zero-order valence-corrected chi connectivity index (χ0v) is 14.9. The maximum Gasteiger partial charge on any atom is 0.338 e. The van der Waals surface area contributed by atoms with E-state index in [0.717, 1.165) is 5.56 Å². The van der Waals surface area contributed by atoms with E-state index >= 15 is 0 Å². The summed E-state index contributed by atoms with van der Waals surface area (Å²) in [6.07, 6.45) is 3.06. The Balaban J connectivity index is 1.58. The Morgan fingerprint density at radius 3 is 2.50 bits per heavy atom. The molecule has 6 nitrogen and oxygen atoms in total. The number of esters is 1. The van der Waals surface area contributed by atoms with E-state index < -0.39 is 18.4 Å². The molecule has 0 spiro atoms. The summed E-state index contributed by atoms with van der Waals surface area (Å²) in [5.41, 5.74) is 1.56. The smallest absolute Gasteiger partial charge is 0.338 e. The monoisotopic (exact) mass is 389 g/mol. The van der Waals surface area contributed by atoms with Crippen LogP contribution < -0.4 is 0 Å². The SMILES string of the molecule is O=C(OCC(=O)c1ccc(Cl)cc1Cl)c1ccc(Cn2cncn2)cc1. The second-order valence-electron chi connectivity index (χ2n) is 5.41. The molecule has 0 N–H and O–H groups in total. The van der Waals surface area contributed by atoms with Crippen molar-refractivity contribution in [3.8, 4) is 0 Å². The average molecular weight is 390 g/mol. The highest BCUT2D eigenvalue weighted by Crippen LogP contribution is 2.21. The number of hydrogen-bond donors (Lipinski definition) is 0. The Morgan fingerprint density at radius 1 is 1.08 bits per heavy atom. The van der Waals surface area contributed by atoms with Crippen LogP contribution in [-0.2, 0) is 11.3 Å². The molecule has 0 saturated heterocycles. The molecule has 0 aliphatic rings. The van der Waals surface area contributed by atoms with Crippen molar-refractivity contribution in [3.05, 3.63) is 81.9 Å². The molecule has 0 bridgehead atoms. The molecule has 26 heavy (non-hydrogen) atoms. The average Bonchev–Trinajstić information content (AvgIpc) is 3.13. The number of aromatic nitrogens is 3. The predicted molar refractivity (Wildman–Crippen MR) is 96.6 cm³/mol. The minimum absolute atomic E-state index is 0.219. The summed E-state index contributed by atoms with van der Waals surface area (Å²) in [5, 5.41) is 4.66. The molecule has 8 heteroatoms. The van der Waals surface area contributed by atoms with E-state index in [1.807, 2.05) is 0 Å². The minimum Gasteiger partial charge on any atom is -0.454 e. The molecule has 0 atom stereocenters. The number of halogens is 2. The summed E-state index contributed by atoms with van der Waals surface area (Å²) < 4.78 is 6.74. The summed E-state index contributed by atoms with van der Waals surface area (Å²) >= 11 is 11.8. The Bertz CT molecular complexity index is 925. The Morgan fingerprint density at radius 2 is 1.85 bits per heavy atom. The van der Waals surface area contributed by atoms with E-state index in [0.29, 0.717) is 17.1 Å². The summed E-state index contributed by atoms with van der Waals surface area (Å²) in [5.74, 6) is -0.987. The van der Waals surface area contributed by atoms with Crippen molar-refractivity contribution >= 4 is 35.0 Å². The largest absolute Gasteiger partial charge is 0.454 e. The highest BCUT2D eigenvalue weighted by molar-refractivity contribution is 6.36. The number of ether oxygens (including phenoxy) is 1. The van der Waals surface area contributed by atoms with E-state index in [4.69, 9.17) is 27.9 Å². The van der Waals surface area contributed by atoms with Gasteiger partial charge in [0, 0.05) is 10.6 Å². The summed E-state index contributed by atoms with van der Waals surface area (Å²) in [6.45, 7) is 0.143. The number of Topliss-reactive ketones (excluding diaryl/α,β-unsaturated/α-hetero) is 1. The van der Waals surface area contributed by atoms with Gasteiger partial charge in [-0.05, 0) is 35.9 Å². The second kappa shape index (κ2) is 8.12. The molecule has 0 fully saturated rings. The molecule has 0 aliphatic carbocycles. The van der Waals surface area contributed by atoms with Gasteiger partial charge in [-0.3, -0.25) is 4.79 Å². The first-order valence-corrected chi connectivity index (χ1v) is 8.35. The molecular weight excluding hydrogens is 377 g/mol. The second-order valence-corrected chi connectivity index (χ2v) is 6.26. The molecule has 0 unspecified atom stereocenters. The third-order valence-corrected chi connectivity index (χ3v) is 4.11. The minimum atomic E-state index is -0.587. The fraction of sp³-hybridized carbons (Fsp3) is 0.111. The maximum atomic E-state index is 12.1. The maximum absolute atomic E-state index is 12.1. The summed E-state index contributed by atoms with van der Waals surface area (Å²) in [4.78, 5) is 28.1. The van der Waals surface area contributed by atoms with Gasteiger partial charge >= 0.3 is 5.97 Å². The van der Waals surface area contributed by atoms with Crippen LogP contribution in [0.4, 0.5) is 0 Å². The van der Waals surface area contributed by atoms with Crippen LogP contribution in [0.5, 0.6) is 0 Å². The molecule has 1 aromatic heterocycles. The van der Waals surface area contributed by atoms with Crippen LogP contribution in [0.1, 0.15) is 26.3 Å². The van der Waals surface area contributed by atoms with Gasteiger partial charge in [0.1, 0.15) is 12.7 Å².